The maximum atomic E-state index is 6.12. The first kappa shape index (κ1) is 17.8. The van der Waals surface area contributed by atoms with Gasteiger partial charge in [-0.05, 0) is 39.0 Å². The third-order valence-corrected chi connectivity index (χ3v) is 4.65. The number of benzene rings is 1. The SMILES string of the molecule is Cc1nc(Cl)c(N)c(Oc2c(C)c(C)nn2-c2ccc(Cl)c(Cl)c2)n1. The van der Waals surface area contributed by atoms with Gasteiger partial charge in [0.05, 0.1) is 21.4 Å². The zero-order valence-electron chi connectivity index (χ0n) is 13.6. The summed E-state index contributed by atoms with van der Waals surface area (Å²) in [5, 5.41) is 5.50. The average molecular weight is 399 g/mol. The van der Waals surface area contributed by atoms with Crippen LogP contribution in [0.2, 0.25) is 15.2 Å². The van der Waals surface area contributed by atoms with Gasteiger partial charge in [-0.25, -0.2) is 9.67 Å². The first-order valence-electron chi connectivity index (χ1n) is 7.27. The lowest BCUT2D eigenvalue weighted by atomic mass is 10.3. The van der Waals surface area contributed by atoms with Crippen molar-refractivity contribution < 1.29 is 4.74 Å². The van der Waals surface area contributed by atoms with Crippen molar-refractivity contribution in [1.29, 1.82) is 0 Å². The lowest BCUT2D eigenvalue weighted by molar-refractivity contribution is 0.425. The minimum Gasteiger partial charge on any atom is -0.418 e. The maximum absolute atomic E-state index is 6.12. The zero-order chi connectivity index (χ0) is 18.3. The van der Waals surface area contributed by atoms with Crippen molar-refractivity contribution >= 4 is 40.5 Å². The predicted molar refractivity (Wildman–Crippen MR) is 99.3 cm³/mol. The summed E-state index contributed by atoms with van der Waals surface area (Å²) < 4.78 is 7.55. The van der Waals surface area contributed by atoms with Crippen LogP contribution in [0.4, 0.5) is 5.69 Å². The van der Waals surface area contributed by atoms with Crippen molar-refractivity contribution in [3.05, 3.63) is 50.5 Å². The highest BCUT2D eigenvalue weighted by Gasteiger charge is 2.19. The van der Waals surface area contributed by atoms with Gasteiger partial charge in [-0.3, -0.25) is 0 Å². The number of hydrogen-bond acceptors (Lipinski definition) is 5. The van der Waals surface area contributed by atoms with Crippen molar-refractivity contribution in [2.75, 3.05) is 5.73 Å². The number of aromatic nitrogens is 4. The highest BCUT2D eigenvalue weighted by Crippen LogP contribution is 2.35. The van der Waals surface area contributed by atoms with Gasteiger partial charge in [-0.2, -0.15) is 10.1 Å². The fourth-order valence-electron chi connectivity index (χ4n) is 2.19. The fourth-order valence-corrected chi connectivity index (χ4v) is 2.68. The van der Waals surface area contributed by atoms with Crippen LogP contribution in [0.3, 0.4) is 0 Å². The van der Waals surface area contributed by atoms with Crippen LogP contribution in [0.25, 0.3) is 5.69 Å². The van der Waals surface area contributed by atoms with Crippen molar-refractivity contribution in [2.24, 2.45) is 0 Å². The predicted octanol–water partition coefficient (Wildman–Crippen LogP) is 4.92. The number of anilines is 1. The summed E-state index contributed by atoms with van der Waals surface area (Å²) in [7, 11) is 0. The lowest BCUT2D eigenvalue weighted by Gasteiger charge is -2.12. The normalized spacial score (nSPS) is 11.0. The Morgan fingerprint density at radius 1 is 1.04 bits per heavy atom. The molecule has 0 aliphatic heterocycles. The average Bonchev–Trinajstić information content (AvgIpc) is 2.83. The van der Waals surface area contributed by atoms with Gasteiger partial charge in [-0.1, -0.05) is 34.8 Å². The molecule has 2 aromatic heterocycles. The van der Waals surface area contributed by atoms with E-state index < -0.39 is 0 Å². The van der Waals surface area contributed by atoms with Crippen molar-refractivity contribution in [2.45, 2.75) is 20.8 Å². The monoisotopic (exact) mass is 397 g/mol. The molecule has 0 bridgehead atoms. The Morgan fingerprint density at radius 2 is 1.76 bits per heavy atom. The highest BCUT2D eigenvalue weighted by molar-refractivity contribution is 6.42. The molecule has 2 N–H and O–H groups in total. The molecule has 0 radical (unpaired) electrons. The van der Waals surface area contributed by atoms with Gasteiger partial charge in [0.2, 0.25) is 11.8 Å². The lowest BCUT2D eigenvalue weighted by Crippen LogP contribution is -2.05. The van der Waals surface area contributed by atoms with E-state index in [2.05, 4.69) is 15.1 Å². The molecule has 0 unspecified atom stereocenters. The van der Waals surface area contributed by atoms with E-state index >= 15 is 0 Å². The number of nitrogens with two attached hydrogens (primary N) is 1. The molecule has 0 fully saturated rings. The molecule has 3 aromatic rings. The molecule has 6 nitrogen and oxygen atoms in total. The third kappa shape index (κ3) is 3.38. The molecule has 0 atom stereocenters. The maximum Gasteiger partial charge on any atom is 0.249 e. The largest absolute Gasteiger partial charge is 0.418 e. The van der Waals surface area contributed by atoms with Gasteiger partial charge >= 0.3 is 0 Å². The van der Waals surface area contributed by atoms with E-state index in [0.29, 0.717) is 27.4 Å². The Hall–Kier alpha value is -2.02. The number of aryl methyl sites for hydroxylation is 2. The van der Waals surface area contributed by atoms with Crippen LogP contribution >= 0.6 is 34.8 Å². The van der Waals surface area contributed by atoms with Gasteiger partial charge in [0.25, 0.3) is 0 Å². The van der Waals surface area contributed by atoms with Gasteiger partial charge in [-0.15, -0.1) is 0 Å². The number of halogens is 3. The summed E-state index contributed by atoms with van der Waals surface area (Å²) in [6.07, 6.45) is 0. The minimum atomic E-state index is 0.137. The molecule has 0 saturated heterocycles. The Balaban J connectivity index is 2.13. The molecular formula is C16H14Cl3N5O. The number of hydrogen-bond donors (Lipinski definition) is 1. The van der Waals surface area contributed by atoms with E-state index in [4.69, 9.17) is 45.3 Å². The molecule has 1 aromatic carbocycles. The van der Waals surface area contributed by atoms with Crippen LogP contribution < -0.4 is 10.5 Å². The highest BCUT2D eigenvalue weighted by atomic mass is 35.5. The van der Waals surface area contributed by atoms with Crippen molar-refractivity contribution in [1.82, 2.24) is 19.7 Å². The Kier molecular flexibility index (Phi) is 4.77. The molecule has 25 heavy (non-hydrogen) atoms. The molecular weight excluding hydrogens is 385 g/mol. The molecule has 130 valence electrons. The topological polar surface area (TPSA) is 78.9 Å². The smallest absolute Gasteiger partial charge is 0.249 e. The van der Waals surface area contributed by atoms with Crippen molar-refractivity contribution in [3.63, 3.8) is 0 Å². The summed E-state index contributed by atoms with van der Waals surface area (Å²) in [4.78, 5) is 8.21. The van der Waals surface area contributed by atoms with Crippen LogP contribution in [-0.2, 0) is 0 Å². The molecule has 0 saturated carbocycles. The quantitative estimate of drug-likeness (QED) is 0.633. The van der Waals surface area contributed by atoms with E-state index in [-0.39, 0.29) is 16.7 Å². The molecule has 3 rings (SSSR count). The molecule has 0 aliphatic rings. The van der Waals surface area contributed by atoms with Crippen LogP contribution in [0.5, 0.6) is 11.8 Å². The van der Waals surface area contributed by atoms with Crippen LogP contribution in [0.15, 0.2) is 18.2 Å². The summed E-state index contributed by atoms with van der Waals surface area (Å²) in [6.45, 7) is 5.46. The molecule has 9 heteroatoms. The summed E-state index contributed by atoms with van der Waals surface area (Å²) in [5.41, 5.74) is 8.41. The van der Waals surface area contributed by atoms with Crippen molar-refractivity contribution in [3.8, 4) is 17.4 Å². The molecule has 0 aliphatic carbocycles. The number of rotatable bonds is 3. The fraction of sp³-hybridized carbons (Fsp3) is 0.188. The second-order valence-corrected chi connectivity index (χ2v) is 6.58. The van der Waals surface area contributed by atoms with E-state index in [1.807, 2.05) is 13.8 Å². The Labute approximate surface area is 159 Å². The second kappa shape index (κ2) is 6.71. The first-order chi connectivity index (χ1) is 11.8. The first-order valence-corrected chi connectivity index (χ1v) is 8.40. The van der Waals surface area contributed by atoms with E-state index in [1.165, 1.54) is 0 Å². The molecule has 0 spiro atoms. The van der Waals surface area contributed by atoms with E-state index in [0.717, 1.165) is 11.3 Å². The van der Waals surface area contributed by atoms with Crippen LogP contribution in [-0.4, -0.2) is 19.7 Å². The van der Waals surface area contributed by atoms with E-state index in [9.17, 15) is 0 Å². The molecule has 2 heterocycles. The third-order valence-electron chi connectivity index (χ3n) is 3.62. The second-order valence-electron chi connectivity index (χ2n) is 5.41. The van der Waals surface area contributed by atoms with E-state index in [1.54, 1.807) is 29.8 Å². The standard InChI is InChI=1S/C16H14Cl3N5O/c1-7-8(2)23-24(10-4-5-11(17)12(18)6-10)16(7)25-15-13(20)14(19)21-9(3)22-15/h4-6H,20H2,1-3H3. The molecule has 0 amide bonds. The summed E-state index contributed by atoms with van der Waals surface area (Å²) >= 11 is 18.1. The van der Waals surface area contributed by atoms with Gasteiger partial charge in [0, 0.05) is 5.56 Å². The van der Waals surface area contributed by atoms with Gasteiger partial charge < -0.3 is 10.5 Å². The number of ether oxygens (including phenoxy) is 1. The number of nitrogens with zero attached hydrogens (tertiary/aromatic N) is 4. The Bertz CT molecular complexity index is 971. The van der Waals surface area contributed by atoms with Gasteiger partial charge in [0.1, 0.15) is 11.5 Å². The number of nitrogen functional groups attached to an aromatic ring is 1. The summed E-state index contributed by atoms with van der Waals surface area (Å²) in [6, 6.07) is 5.17. The Morgan fingerprint density at radius 3 is 2.44 bits per heavy atom. The van der Waals surface area contributed by atoms with Crippen LogP contribution in [0, 0.1) is 20.8 Å². The minimum absolute atomic E-state index is 0.137. The van der Waals surface area contributed by atoms with Crippen LogP contribution in [0.1, 0.15) is 17.1 Å². The summed E-state index contributed by atoms with van der Waals surface area (Å²) in [5.74, 6) is 1.07. The zero-order valence-corrected chi connectivity index (χ0v) is 15.9. The van der Waals surface area contributed by atoms with Gasteiger partial charge in [0.15, 0.2) is 5.15 Å².